The zero-order valence-electron chi connectivity index (χ0n) is 9.35. The molecule has 0 spiro atoms. The lowest BCUT2D eigenvalue weighted by Crippen LogP contribution is -2.27. The monoisotopic (exact) mass is 217 g/mol. The molecule has 1 aromatic rings. The van der Waals surface area contributed by atoms with Crippen LogP contribution in [-0.2, 0) is 0 Å². The number of nitrogens with zero attached hydrogens (tertiary/aromatic N) is 3. The van der Waals surface area contributed by atoms with E-state index in [1.54, 1.807) is 18.2 Å². The number of aliphatic hydroxyl groups is 1. The quantitative estimate of drug-likeness (QED) is 0.754. The maximum absolute atomic E-state index is 8.95. The number of rotatable bonds is 5. The molecule has 4 heteroatoms. The van der Waals surface area contributed by atoms with E-state index >= 15 is 0 Å². The standard InChI is InChI=1S/C12H15N3O/c1-3-4-15(5-6-16)12-8-11(9-13)7-10(2)14-12/h3,7-8,16H,1,4-6H2,2H3. The predicted octanol–water partition coefficient (Wildman–Crippen LogP) is 1.25. The number of aryl methyl sites for hydroxylation is 1. The van der Waals surface area contributed by atoms with Crippen molar-refractivity contribution in [1.29, 1.82) is 5.26 Å². The van der Waals surface area contributed by atoms with Gasteiger partial charge in [-0.1, -0.05) is 6.08 Å². The summed E-state index contributed by atoms with van der Waals surface area (Å²) in [6.45, 7) is 6.63. The number of nitriles is 1. The number of anilines is 1. The minimum absolute atomic E-state index is 0.0470. The van der Waals surface area contributed by atoms with Gasteiger partial charge in [0.05, 0.1) is 18.2 Å². The van der Waals surface area contributed by atoms with Gasteiger partial charge in [-0.15, -0.1) is 6.58 Å². The van der Waals surface area contributed by atoms with E-state index in [1.807, 2.05) is 11.8 Å². The van der Waals surface area contributed by atoms with Gasteiger partial charge in [-0.25, -0.2) is 4.98 Å². The first-order valence-corrected chi connectivity index (χ1v) is 5.06. The highest BCUT2D eigenvalue weighted by atomic mass is 16.3. The first kappa shape index (κ1) is 12.2. The molecule has 0 radical (unpaired) electrons. The van der Waals surface area contributed by atoms with Crippen LogP contribution in [0, 0.1) is 18.3 Å². The van der Waals surface area contributed by atoms with E-state index in [4.69, 9.17) is 10.4 Å². The first-order valence-electron chi connectivity index (χ1n) is 5.06. The fraction of sp³-hybridized carbons (Fsp3) is 0.333. The number of hydrogen-bond acceptors (Lipinski definition) is 4. The Bertz CT molecular complexity index is 409. The van der Waals surface area contributed by atoms with Gasteiger partial charge < -0.3 is 10.0 Å². The van der Waals surface area contributed by atoms with Gasteiger partial charge in [0.25, 0.3) is 0 Å². The number of pyridine rings is 1. The maximum Gasteiger partial charge on any atom is 0.130 e. The molecule has 0 saturated heterocycles. The van der Waals surface area contributed by atoms with Crippen molar-refractivity contribution in [2.75, 3.05) is 24.6 Å². The molecule has 0 atom stereocenters. The van der Waals surface area contributed by atoms with Crippen LogP contribution < -0.4 is 4.90 Å². The van der Waals surface area contributed by atoms with Gasteiger partial charge in [-0.3, -0.25) is 0 Å². The highest BCUT2D eigenvalue weighted by Crippen LogP contribution is 2.14. The summed E-state index contributed by atoms with van der Waals surface area (Å²) in [6, 6.07) is 5.54. The molecule has 1 heterocycles. The van der Waals surface area contributed by atoms with Crippen LogP contribution in [0.15, 0.2) is 24.8 Å². The van der Waals surface area contributed by atoms with E-state index in [0.717, 1.165) is 5.69 Å². The van der Waals surface area contributed by atoms with Crippen molar-refractivity contribution in [2.45, 2.75) is 6.92 Å². The molecule has 0 amide bonds. The number of aliphatic hydroxyl groups excluding tert-OH is 1. The van der Waals surface area contributed by atoms with E-state index in [0.29, 0.717) is 24.5 Å². The van der Waals surface area contributed by atoms with Crippen LogP contribution in [0.2, 0.25) is 0 Å². The summed E-state index contributed by atoms with van der Waals surface area (Å²) < 4.78 is 0. The normalized spacial score (nSPS) is 9.56. The van der Waals surface area contributed by atoms with Crippen LogP contribution in [0.4, 0.5) is 5.82 Å². The van der Waals surface area contributed by atoms with Crippen LogP contribution in [0.25, 0.3) is 0 Å². The Hall–Kier alpha value is -1.86. The Morgan fingerprint density at radius 1 is 1.62 bits per heavy atom. The lowest BCUT2D eigenvalue weighted by atomic mass is 10.2. The van der Waals surface area contributed by atoms with Gasteiger partial charge in [-0.2, -0.15) is 5.26 Å². The van der Waals surface area contributed by atoms with Gasteiger partial charge >= 0.3 is 0 Å². The van der Waals surface area contributed by atoms with Gasteiger partial charge in [-0.05, 0) is 19.1 Å². The Balaban J connectivity index is 3.03. The Morgan fingerprint density at radius 2 is 2.38 bits per heavy atom. The molecule has 1 aromatic heterocycles. The maximum atomic E-state index is 8.95. The molecule has 1 N–H and O–H groups in total. The topological polar surface area (TPSA) is 60.1 Å². The lowest BCUT2D eigenvalue weighted by molar-refractivity contribution is 0.302. The molecule has 4 nitrogen and oxygen atoms in total. The average molecular weight is 217 g/mol. The van der Waals surface area contributed by atoms with Crippen molar-refractivity contribution in [1.82, 2.24) is 4.98 Å². The van der Waals surface area contributed by atoms with Crippen LogP contribution in [0.3, 0.4) is 0 Å². The highest BCUT2D eigenvalue weighted by Gasteiger charge is 2.07. The van der Waals surface area contributed by atoms with E-state index in [9.17, 15) is 0 Å². The molecule has 0 bridgehead atoms. The van der Waals surface area contributed by atoms with Crippen molar-refractivity contribution in [3.63, 3.8) is 0 Å². The molecule has 16 heavy (non-hydrogen) atoms. The van der Waals surface area contributed by atoms with Gasteiger partial charge in [0.15, 0.2) is 0 Å². The van der Waals surface area contributed by atoms with E-state index in [1.165, 1.54) is 0 Å². The molecule has 0 unspecified atom stereocenters. The summed E-state index contributed by atoms with van der Waals surface area (Å²) in [5.41, 5.74) is 1.37. The van der Waals surface area contributed by atoms with Crippen LogP contribution >= 0.6 is 0 Å². The van der Waals surface area contributed by atoms with Crippen molar-refractivity contribution in [2.24, 2.45) is 0 Å². The third-order valence-electron chi connectivity index (χ3n) is 2.11. The van der Waals surface area contributed by atoms with Crippen LogP contribution in [0.5, 0.6) is 0 Å². The third-order valence-corrected chi connectivity index (χ3v) is 2.11. The first-order chi connectivity index (χ1) is 7.71. The molecule has 0 aliphatic carbocycles. The summed E-state index contributed by atoms with van der Waals surface area (Å²) in [5, 5.41) is 17.8. The Kier molecular flexibility index (Phi) is 4.49. The largest absolute Gasteiger partial charge is 0.395 e. The second kappa shape index (κ2) is 5.89. The van der Waals surface area contributed by atoms with E-state index < -0.39 is 0 Å². The molecular weight excluding hydrogens is 202 g/mol. The molecule has 0 fully saturated rings. The summed E-state index contributed by atoms with van der Waals surface area (Å²) in [7, 11) is 0. The number of aromatic nitrogens is 1. The number of hydrogen-bond donors (Lipinski definition) is 1. The fourth-order valence-corrected chi connectivity index (χ4v) is 1.45. The minimum atomic E-state index is 0.0470. The molecule has 0 saturated carbocycles. The fourth-order valence-electron chi connectivity index (χ4n) is 1.45. The smallest absolute Gasteiger partial charge is 0.130 e. The zero-order valence-corrected chi connectivity index (χ0v) is 9.35. The van der Waals surface area contributed by atoms with E-state index in [-0.39, 0.29) is 6.61 Å². The van der Waals surface area contributed by atoms with Crippen LogP contribution in [-0.4, -0.2) is 29.8 Å². The zero-order chi connectivity index (χ0) is 12.0. The van der Waals surface area contributed by atoms with Gasteiger partial charge in [0, 0.05) is 18.8 Å². The van der Waals surface area contributed by atoms with E-state index in [2.05, 4.69) is 17.6 Å². The van der Waals surface area contributed by atoms with Crippen molar-refractivity contribution < 1.29 is 5.11 Å². The molecule has 1 rings (SSSR count). The average Bonchev–Trinajstić information content (AvgIpc) is 2.28. The summed E-state index contributed by atoms with van der Waals surface area (Å²) in [6.07, 6.45) is 1.74. The molecule has 0 aromatic carbocycles. The van der Waals surface area contributed by atoms with Crippen molar-refractivity contribution in [3.05, 3.63) is 36.0 Å². The molecule has 0 aliphatic heterocycles. The third kappa shape index (κ3) is 3.07. The Morgan fingerprint density at radius 3 is 2.94 bits per heavy atom. The second-order valence-corrected chi connectivity index (χ2v) is 3.43. The molecule has 0 aliphatic rings. The van der Waals surface area contributed by atoms with Crippen LogP contribution in [0.1, 0.15) is 11.3 Å². The summed E-state index contributed by atoms with van der Waals surface area (Å²) >= 11 is 0. The van der Waals surface area contributed by atoms with Crippen molar-refractivity contribution >= 4 is 5.82 Å². The Labute approximate surface area is 95.5 Å². The summed E-state index contributed by atoms with van der Waals surface area (Å²) in [5.74, 6) is 0.700. The highest BCUT2D eigenvalue weighted by molar-refractivity contribution is 5.47. The predicted molar refractivity (Wildman–Crippen MR) is 63.2 cm³/mol. The summed E-state index contributed by atoms with van der Waals surface area (Å²) in [4.78, 5) is 6.21. The molecule has 84 valence electrons. The van der Waals surface area contributed by atoms with Gasteiger partial charge in [0.1, 0.15) is 5.82 Å². The lowest BCUT2D eigenvalue weighted by Gasteiger charge is -2.21. The van der Waals surface area contributed by atoms with Gasteiger partial charge in [0.2, 0.25) is 0 Å². The molecular formula is C12H15N3O. The SMILES string of the molecule is C=CCN(CCO)c1cc(C#N)cc(C)n1. The van der Waals surface area contributed by atoms with Crippen molar-refractivity contribution in [3.8, 4) is 6.07 Å². The second-order valence-electron chi connectivity index (χ2n) is 3.43. The minimum Gasteiger partial charge on any atom is -0.395 e.